The summed E-state index contributed by atoms with van der Waals surface area (Å²) in [7, 11) is 1.66. The first-order valence-electron chi connectivity index (χ1n) is 9.31. The van der Waals surface area contributed by atoms with Crippen LogP contribution in [0.4, 0.5) is 5.13 Å². The lowest BCUT2D eigenvalue weighted by atomic mass is 9.97. The van der Waals surface area contributed by atoms with Gasteiger partial charge in [-0.2, -0.15) is 5.10 Å². The van der Waals surface area contributed by atoms with E-state index in [1.165, 1.54) is 23.2 Å². The third kappa shape index (κ3) is 3.54. The minimum Gasteiger partial charge on any atom is -0.395 e. The molecule has 1 aliphatic rings. The van der Waals surface area contributed by atoms with Crippen molar-refractivity contribution in [3.8, 4) is 16.3 Å². The molecule has 0 bridgehead atoms. The molecule has 9 heteroatoms. The van der Waals surface area contributed by atoms with E-state index >= 15 is 0 Å². The van der Waals surface area contributed by atoms with Gasteiger partial charge in [0.1, 0.15) is 0 Å². The molecule has 3 aromatic rings. The molecule has 150 valence electrons. The summed E-state index contributed by atoms with van der Waals surface area (Å²) in [4.78, 5) is 31.4. The average molecular weight is 411 g/mol. The lowest BCUT2D eigenvalue weighted by molar-refractivity contribution is -0.114. The van der Waals surface area contributed by atoms with E-state index in [1.54, 1.807) is 11.7 Å². The number of para-hydroxylation sites is 1. The molecule has 2 heterocycles. The highest BCUT2D eigenvalue weighted by atomic mass is 32.1. The number of likely N-dealkylation sites (N-methyl/N-ethyl adjacent to an activating group) is 1. The standard InChI is InChI=1S/C20H21N5O3S/c1-12(27)21-20-22-15-9-8-14-16(19(28)24(2)10-11-26)23-25(17(14)18(15)29-20)13-6-4-3-5-7-13/h3-7,26H,8-11H2,1-2H3,(H,21,22,27). The first kappa shape index (κ1) is 19.3. The maximum absolute atomic E-state index is 13.0. The van der Waals surface area contributed by atoms with Crippen molar-refractivity contribution in [2.45, 2.75) is 19.8 Å². The fourth-order valence-electron chi connectivity index (χ4n) is 3.43. The van der Waals surface area contributed by atoms with Crippen LogP contribution in [-0.2, 0) is 17.6 Å². The lowest BCUT2D eigenvalue weighted by Gasteiger charge is -2.16. The highest BCUT2D eigenvalue weighted by Crippen LogP contribution is 2.42. The van der Waals surface area contributed by atoms with Crippen LogP contribution in [0, 0.1) is 0 Å². The number of nitrogens with one attached hydrogen (secondary N) is 1. The Morgan fingerprint density at radius 1 is 1.28 bits per heavy atom. The second-order valence-corrected chi connectivity index (χ2v) is 7.85. The molecule has 2 amide bonds. The molecule has 1 aliphatic carbocycles. The number of aliphatic hydroxyl groups is 1. The summed E-state index contributed by atoms with van der Waals surface area (Å²) >= 11 is 1.39. The normalized spacial score (nSPS) is 12.2. The number of carbonyl (C=O) groups excluding carboxylic acids is 2. The molecule has 0 spiro atoms. The lowest BCUT2D eigenvalue weighted by Crippen LogP contribution is -2.30. The summed E-state index contributed by atoms with van der Waals surface area (Å²) in [6.45, 7) is 1.58. The Bertz CT molecular complexity index is 1070. The maximum atomic E-state index is 13.0. The molecule has 29 heavy (non-hydrogen) atoms. The van der Waals surface area contributed by atoms with Gasteiger partial charge in [0.2, 0.25) is 5.91 Å². The Kier molecular flexibility index (Phi) is 5.16. The number of amides is 2. The fraction of sp³-hybridized carbons (Fsp3) is 0.300. The molecule has 0 atom stereocenters. The largest absolute Gasteiger partial charge is 0.395 e. The number of rotatable bonds is 5. The zero-order valence-electron chi connectivity index (χ0n) is 16.2. The van der Waals surface area contributed by atoms with Crippen LogP contribution < -0.4 is 5.32 Å². The number of hydrogen-bond donors (Lipinski definition) is 2. The topological polar surface area (TPSA) is 100 Å². The molecule has 0 radical (unpaired) electrons. The summed E-state index contributed by atoms with van der Waals surface area (Å²) in [6.07, 6.45) is 1.30. The van der Waals surface area contributed by atoms with Crippen LogP contribution in [0.15, 0.2) is 30.3 Å². The molecule has 0 fully saturated rings. The van der Waals surface area contributed by atoms with Crippen LogP contribution in [0.25, 0.3) is 16.3 Å². The molecule has 0 saturated heterocycles. The van der Waals surface area contributed by atoms with Gasteiger partial charge in [-0.1, -0.05) is 29.5 Å². The van der Waals surface area contributed by atoms with Gasteiger partial charge >= 0.3 is 0 Å². The van der Waals surface area contributed by atoms with Gasteiger partial charge in [-0.3, -0.25) is 9.59 Å². The summed E-state index contributed by atoms with van der Waals surface area (Å²) in [5.41, 5.74) is 3.84. The van der Waals surface area contributed by atoms with Gasteiger partial charge in [-0.05, 0) is 25.0 Å². The number of aryl methyl sites for hydroxylation is 1. The number of anilines is 1. The average Bonchev–Trinajstić information content (AvgIpc) is 3.28. The van der Waals surface area contributed by atoms with E-state index in [1.807, 2.05) is 30.3 Å². The summed E-state index contributed by atoms with van der Waals surface area (Å²) in [5.74, 6) is -0.394. The van der Waals surface area contributed by atoms with Crippen molar-refractivity contribution < 1.29 is 14.7 Å². The van der Waals surface area contributed by atoms with Gasteiger partial charge in [0, 0.05) is 26.1 Å². The van der Waals surface area contributed by atoms with Crippen LogP contribution in [0.2, 0.25) is 0 Å². The van der Waals surface area contributed by atoms with Crippen LogP contribution in [0.1, 0.15) is 28.7 Å². The van der Waals surface area contributed by atoms with Crippen molar-refractivity contribution >= 4 is 28.3 Å². The van der Waals surface area contributed by atoms with E-state index in [4.69, 9.17) is 0 Å². The molecule has 2 aromatic heterocycles. The molecule has 2 N–H and O–H groups in total. The van der Waals surface area contributed by atoms with Gasteiger partial charge < -0.3 is 15.3 Å². The highest BCUT2D eigenvalue weighted by molar-refractivity contribution is 7.19. The second-order valence-electron chi connectivity index (χ2n) is 6.85. The Hall–Kier alpha value is -3.04. The Balaban J connectivity index is 1.88. The molecular weight excluding hydrogens is 390 g/mol. The first-order chi connectivity index (χ1) is 14.0. The van der Waals surface area contributed by atoms with Crippen molar-refractivity contribution in [3.05, 3.63) is 47.3 Å². The molecule has 0 saturated carbocycles. The molecule has 1 aromatic carbocycles. The molecule has 8 nitrogen and oxygen atoms in total. The smallest absolute Gasteiger partial charge is 0.274 e. The van der Waals surface area contributed by atoms with Crippen LogP contribution in [-0.4, -0.2) is 56.8 Å². The zero-order chi connectivity index (χ0) is 20.5. The Morgan fingerprint density at radius 2 is 2.03 bits per heavy atom. The number of benzene rings is 1. The molecular formula is C20H21N5O3S. The molecule has 4 rings (SSSR count). The van der Waals surface area contributed by atoms with Crippen LogP contribution >= 0.6 is 11.3 Å². The second kappa shape index (κ2) is 7.76. The quantitative estimate of drug-likeness (QED) is 0.670. The monoisotopic (exact) mass is 411 g/mol. The number of nitrogens with zero attached hydrogens (tertiary/aromatic N) is 4. The number of aromatic nitrogens is 3. The third-order valence-electron chi connectivity index (χ3n) is 4.78. The summed E-state index contributed by atoms with van der Waals surface area (Å²) < 4.78 is 1.78. The number of fused-ring (bicyclic) bond motifs is 3. The van der Waals surface area contributed by atoms with E-state index < -0.39 is 0 Å². The van der Waals surface area contributed by atoms with Crippen molar-refractivity contribution in [1.82, 2.24) is 19.7 Å². The van der Waals surface area contributed by atoms with E-state index in [9.17, 15) is 14.7 Å². The highest BCUT2D eigenvalue weighted by Gasteiger charge is 2.32. The summed E-state index contributed by atoms with van der Waals surface area (Å²) in [5, 5.41) is 17.2. The van der Waals surface area contributed by atoms with E-state index in [-0.39, 0.29) is 25.0 Å². The van der Waals surface area contributed by atoms with E-state index in [2.05, 4.69) is 15.4 Å². The minimum atomic E-state index is -0.222. The van der Waals surface area contributed by atoms with Crippen LogP contribution in [0.3, 0.4) is 0 Å². The van der Waals surface area contributed by atoms with E-state index in [0.29, 0.717) is 23.7 Å². The maximum Gasteiger partial charge on any atom is 0.274 e. The minimum absolute atomic E-state index is 0.108. The molecule has 0 unspecified atom stereocenters. The predicted molar refractivity (Wildman–Crippen MR) is 110 cm³/mol. The Labute approximate surface area is 171 Å². The SMILES string of the molecule is CC(=O)Nc1nc2c(s1)-c1c(c(C(=O)N(C)CCO)nn1-c1ccccc1)CC2. The fourth-order valence-corrected chi connectivity index (χ4v) is 4.55. The molecule has 0 aliphatic heterocycles. The van der Waals surface area contributed by atoms with Crippen LogP contribution in [0.5, 0.6) is 0 Å². The number of thiazole rings is 1. The van der Waals surface area contributed by atoms with Crippen molar-refractivity contribution in [2.24, 2.45) is 0 Å². The van der Waals surface area contributed by atoms with Crippen molar-refractivity contribution in [2.75, 3.05) is 25.5 Å². The van der Waals surface area contributed by atoms with Gasteiger partial charge in [0.15, 0.2) is 10.8 Å². The zero-order valence-corrected chi connectivity index (χ0v) is 17.0. The van der Waals surface area contributed by atoms with Crippen molar-refractivity contribution in [3.63, 3.8) is 0 Å². The predicted octanol–water partition coefficient (Wildman–Crippen LogP) is 2.12. The van der Waals surface area contributed by atoms with E-state index in [0.717, 1.165) is 27.5 Å². The number of aliphatic hydroxyl groups excluding tert-OH is 1. The number of carbonyl (C=O) groups is 2. The Morgan fingerprint density at radius 3 is 2.72 bits per heavy atom. The van der Waals surface area contributed by atoms with Gasteiger partial charge in [-0.15, -0.1) is 0 Å². The first-order valence-corrected chi connectivity index (χ1v) is 10.1. The number of hydrogen-bond acceptors (Lipinski definition) is 6. The summed E-state index contributed by atoms with van der Waals surface area (Å²) in [6, 6.07) is 9.63. The van der Waals surface area contributed by atoms with Crippen molar-refractivity contribution in [1.29, 1.82) is 0 Å². The van der Waals surface area contributed by atoms with Gasteiger partial charge in [0.05, 0.1) is 28.6 Å². The van der Waals surface area contributed by atoms with Gasteiger partial charge in [0.25, 0.3) is 5.91 Å². The van der Waals surface area contributed by atoms with Gasteiger partial charge in [-0.25, -0.2) is 9.67 Å². The third-order valence-corrected chi connectivity index (χ3v) is 5.80.